The number of allylic oxidation sites excluding steroid dienone is 24. The molecule has 0 saturated carbocycles. The van der Waals surface area contributed by atoms with Gasteiger partial charge in [0.05, 0.1) is 0 Å². The summed E-state index contributed by atoms with van der Waals surface area (Å²) in [6.07, 6.45) is 82.4. The van der Waals surface area contributed by atoms with Gasteiger partial charge >= 0.3 is 0 Å². The zero-order valence-electron chi connectivity index (χ0n) is 71.0. The quantitative estimate of drug-likeness (QED) is 0.0533. The van der Waals surface area contributed by atoms with Gasteiger partial charge in [0, 0.05) is 0 Å². The van der Waals surface area contributed by atoms with Crippen LogP contribution in [0, 0.1) is 71.0 Å². The molecule has 0 aliphatic rings. The lowest BCUT2D eigenvalue weighted by molar-refractivity contribution is 0.444. The Morgan fingerprint density at radius 3 is 0.725 bits per heavy atom. The molecule has 0 spiro atoms. The van der Waals surface area contributed by atoms with Crippen molar-refractivity contribution in [2.45, 2.75) is 276 Å². The van der Waals surface area contributed by atoms with Crippen LogP contribution in [0.2, 0.25) is 0 Å². The Labute approximate surface area is 646 Å². The van der Waals surface area contributed by atoms with Crippen LogP contribution in [0.5, 0.6) is 0 Å². The van der Waals surface area contributed by atoms with E-state index in [-0.39, 0.29) is 0 Å². The number of hydrogen-bond donors (Lipinski definition) is 0. The van der Waals surface area contributed by atoms with E-state index in [1.807, 2.05) is 153 Å². The summed E-state index contributed by atoms with van der Waals surface area (Å²) >= 11 is 0. The van der Waals surface area contributed by atoms with E-state index in [0.717, 1.165) is 145 Å². The fraction of sp³-hybridized carbons (Fsp3) is 0.529. The average Bonchev–Trinajstić information content (AvgIpc) is 3.24. The van der Waals surface area contributed by atoms with Gasteiger partial charge in [0.2, 0.25) is 0 Å². The predicted octanol–water partition coefficient (Wildman–Crippen LogP) is 35.6. The van der Waals surface area contributed by atoms with E-state index in [0.29, 0.717) is 35.5 Å². The molecule has 6 unspecified atom stereocenters. The SMILES string of the molecule is C=CC(C)C=C.C=CC(C=C)CC.C=CCC(C)C=C.C=CCC(C)CC=C.C=CCC(C=C)CC.C=CCC(CC)CC=C.C=CCCC(C)C=C.C=CCCC(C)CC=C.C=CCCC(C)CCC=C.C=CCCC(C=C)CC.C=CCCC(CC)CC=C.C=CCCC(CC)CCC=C. The molecule has 0 aromatic carbocycles. The second kappa shape index (κ2) is 119. The highest BCUT2D eigenvalue weighted by Gasteiger charge is 2.04. The van der Waals surface area contributed by atoms with Crippen molar-refractivity contribution in [3.63, 3.8) is 0 Å². The molecule has 588 valence electrons. The Morgan fingerprint density at radius 1 is 0.196 bits per heavy atom. The van der Waals surface area contributed by atoms with Gasteiger partial charge in [0.1, 0.15) is 0 Å². The van der Waals surface area contributed by atoms with Crippen LogP contribution in [0.4, 0.5) is 0 Å². The van der Waals surface area contributed by atoms with Gasteiger partial charge in [0.15, 0.2) is 0 Å². The highest BCUT2D eigenvalue weighted by Crippen LogP contribution is 2.19. The Morgan fingerprint density at radius 2 is 0.490 bits per heavy atom. The Bertz CT molecular complexity index is 1850. The molecule has 0 fully saturated rings. The van der Waals surface area contributed by atoms with Gasteiger partial charge in [-0.3, -0.25) is 0 Å². The average molecular weight is 1410 g/mol. The van der Waals surface area contributed by atoms with E-state index >= 15 is 0 Å². The lowest BCUT2D eigenvalue weighted by Gasteiger charge is -2.11. The predicted molar refractivity (Wildman–Crippen MR) is 493 cm³/mol. The van der Waals surface area contributed by atoms with Gasteiger partial charge in [-0.25, -0.2) is 0 Å². The van der Waals surface area contributed by atoms with Crippen molar-refractivity contribution in [2.24, 2.45) is 71.0 Å². The van der Waals surface area contributed by atoms with E-state index < -0.39 is 0 Å². The zero-order valence-corrected chi connectivity index (χ0v) is 71.0. The van der Waals surface area contributed by atoms with Crippen LogP contribution < -0.4 is 0 Å². The van der Waals surface area contributed by atoms with Crippen LogP contribution in [-0.2, 0) is 0 Å². The summed E-state index contributed by atoms with van der Waals surface area (Å²) in [6.45, 7) is 114. The van der Waals surface area contributed by atoms with Gasteiger partial charge in [-0.15, -0.1) is 158 Å². The molecule has 0 radical (unpaired) electrons. The fourth-order valence-corrected chi connectivity index (χ4v) is 8.51. The summed E-state index contributed by atoms with van der Waals surface area (Å²) in [6, 6.07) is 0. The van der Waals surface area contributed by atoms with Crippen molar-refractivity contribution in [3.8, 4) is 0 Å². The third-order valence-electron chi connectivity index (χ3n) is 16.8. The summed E-state index contributed by atoms with van der Waals surface area (Å²) in [4.78, 5) is 0. The largest absolute Gasteiger partial charge is 0.103 e. The molecular formula is C102H180. The molecule has 0 N–H and O–H groups in total. The lowest BCUT2D eigenvalue weighted by atomic mass is 9.95. The molecule has 0 saturated heterocycles. The minimum Gasteiger partial charge on any atom is -0.103 e. The molecule has 6 atom stereocenters. The van der Waals surface area contributed by atoms with Crippen LogP contribution in [0.25, 0.3) is 0 Å². The van der Waals surface area contributed by atoms with Crippen molar-refractivity contribution < 1.29 is 0 Å². The first-order valence-electron chi connectivity index (χ1n) is 39.7. The van der Waals surface area contributed by atoms with Crippen LogP contribution in [0.15, 0.2) is 304 Å². The maximum Gasteiger partial charge on any atom is -0.00615 e. The molecule has 0 heterocycles. The first kappa shape index (κ1) is 123. The molecule has 0 aromatic rings. The summed E-state index contributed by atoms with van der Waals surface area (Å²) in [7, 11) is 0. The molecule has 0 amide bonds. The molecule has 0 rings (SSSR count). The Balaban J connectivity index is -0.0000000869. The van der Waals surface area contributed by atoms with E-state index in [9.17, 15) is 0 Å². The lowest BCUT2D eigenvalue weighted by Crippen LogP contribution is -1.96. The van der Waals surface area contributed by atoms with Gasteiger partial charge in [-0.1, -0.05) is 248 Å². The second-order valence-corrected chi connectivity index (χ2v) is 26.4. The number of hydrogen-bond acceptors (Lipinski definition) is 0. The van der Waals surface area contributed by atoms with Crippen molar-refractivity contribution >= 4 is 0 Å². The van der Waals surface area contributed by atoms with Gasteiger partial charge in [-0.05, 0) is 244 Å². The molecule has 0 aliphatic carbocycles. The Kier molecular flexibility index (Phi) is 143. The summed E-state index contributed by atoms with van der Waals surface area (Å²) in [5, 5.41) is 0. The zero-order chi connectivity index (χ0) is 81.1. The normalized spacial score (nSPS) is 11.0. The minimum absolute atomic E-state index is 0.463. The smallest absolute Gasteiger partial charge is 0.00615 e. The van der Waals surface area contributed by atoms with Crippen LogP contribution >= 0.6 is 0 Å². The first-order chi connectivity index (χ1) is 48.9. The standard InChI is InChI=1S/C11H20.2C10H18.3C9H16.3C8H14.2C7H12.C6H10/c1-4-7-9-11(6-3)10-8-5-2;1-4-6-8-10(3)9-7-5-2;1-4-7-9-10(6-3)8-5-2;1-4-6-8-9(3)7-5-2;1-4-7-8-9(5-2)6-3;1-4-7-9(6-3)8-5-2;1-4-6-7-8(3)5-2;1-4-6-8(3)7-5-2;1-4-7-8(5-2)6-3;1-4-6-7(3)5-2;1-4-7(5-2)6-3;1-4-6(3)5-2/h4-5,11H,1-2,6-10H2,3H3;2*4-5,10H,1-2,6-9H2,3H3;3*4-5,9H,1-2,6-8H2,3H3;3*4-5,8H,1-2,6-7H2,3H3;2*4-5,7H,1-2,6H2,3H3;4-6H,1-2H2,3H3. The second-order valence-electron chi connectivity index (χ2n) is 26.4. The fourth-order valence-electron chi connectivity index (χ4n) is 8.51. The summed E-state index contributed by atoms with van der Waals surface area (Å²) in [5.41, 5.74) is 0. The van der Waals surface area contributed by atoms with Gasteiger partial charge < -0.3 is 0 Å². The van der Waals surface area contributed by atoms with Crippen LogP contribution in [0.3, 0.4) is 0 Å². The van der Waals surface area contributed by atoms with Crippen LogP contribution in [-0.4, -0.2) is 0 Å². The van der Waals surface area contributed by atoms with E-state index in [1.165, 1.54) is 83.5 Å². The van der Waals surface area contributed by atoms with Crippen molar-refractivity contribution in [1.82, 2.24) is 0 Å². The molecule has 0 bridgehead atoms. The van der Waals surface area contributed by atoms with Crippen molar-refractivity contribution in [3.05, 3.63) is 304 Å². The highest BCUT2D eigenvalue weighted by atomic mass is 14.1. The third kappa shape index (κ3) is 133. The summed E-state index contributed by atoms with van der Waals surface area (Å²) in [5.74, 6) is 8.38. The van der Waals surface area contributed by atoms with Crippen molar-refractivity contribution in [2.75, 3.05) is 0 Å². The molecule has 0 aromatic heterocycles. The maximum absolute atomic E-state index is 3.75. The maximum atomic E-state index is 3.75. The molecule has 0 aliphatic heterocycles. The topological polar surface area (TPSA) is 0 Å². The van der Waals surface area contributed by atoms with Gasteiger partial charge in [-0.2, -0.15) is 0 Å². The minimum atomic E-state index is 0.463. The Hall–Kier alpha value is -6.24. The molecule has 0 heteroatoms. The molecule has 0 nitrogen and oxygen atoms in total. The number of rotatable bonds is 54. The summed E-state index contributed by atoms with van der Waals surface area (Å²) < 4.78 is 0. The monoisotopic (exact) mass is 1410 g/mol. The van der Waals surface area contributed by atoms with Gasteiger partial charge in [0.25, 0.3) is 0 Å². The highest BCUT2D eigenvalue weighted by molar-refractivity contribution is 4.91. The van der Waals surface area contributed by atoms with E-state index in [1.54, 1.807) is 0 Å². The van der Waals surface area contributed by atoms with E-state index in [2.05, 4.69) is 234 Å². The van der Waals surface area contributed by atoms with E-state index in [4.69, 9.17) is 0 Å². The molecule has 102 heavy (non-hydrogen) atoms. The third-order valence-corrected chi connectivity index (χ3v) is 16.8. The van der Waals surface area contributed by atoms with Crippen LogP contribution in [0.1, 0.15) is 276 Å². The van der Waals surface area contributed by atoms with Crippen molar-refractivity contribution in [1.29, 1.82) is 0 Å². The first-order valence-corrected chi connectivity index (χ1v) is 39.7. The molecular weight excluding hydrogens is 1230 g/mol.